The predicted octanol–water partition coefficient (Wildman–Crippen LogP) is 3.21. The van der Waals surface area contributed by atoms with Crippen molar-refractivity contribution in [1.82, 2.24) is 0 Å². The Balaban J connectivity index is 2.78. The first-order valence-electron chi connectivity index (χ1n) is 4.37. The van der Waals surface area contributed by atoms with E-state index < -0.39 is 0 Å². The third-order valence-electron chi connectivity index (χ3n) is 1.66. The minimum atomic E-state index is 0.0441. The van der Waals surface area contributed by atoms with Crippen LogP contribution < -0.4 is 5.73 Å². The van der Waals surface area contributed by atoms with E-state index in [0.29, 0.717) is 27.0 Å². The Kier molecular flexibility index (Phi) is 5.01. The van der Waals surface area contributed by atoms with Crippen molar-refractivity contribution < 1.29 is 4.79 Å². The molecule has 2 N–H and O–H groups in total. The molecule has 5 heteroatoms. The maximum absolute atomic E-state index is 10.6. The standard InChI is InChI=1S/C11H9Cl2NOS/c1-7(15)16-4-2-3-8-5-9(12)11(14)10(13)6-8/h5-6H,4,14H2,1H3. The second-order valence-corrected chi connectivity index (χ2v) is 4.90. The van der Waals surface area contributed by atoms with Crippen LogP contribution in [0.1, 0.15) is 12.5 Å². The fraction of sp³-hybridized carbons (Fsp3) is 0.182. The van der Waals surface area contributed by atoms with Gasteiger partial charge in [-0.1, -0.05) is 46.8 Å². The van der Waals surface area contributed by atoms with Gasteiger partial charge in [0, 0.05) is 12.5 Å². The summed E-state index contributed by atoms with van der Waals surface area (Å²) in [5, 5.41) is 0.815. The van der Waals surface area contributed by atoms with E-state index in [1.807, 2.05) is 0 Å². The molecule has 1 rings (SSSR count). The quantitative estimate of drug-likeness (QED) is 0.631. The number of carbonyl (C=O) groups excluding carboxylic acids is 1. The van der Waals surface area contributed by atoms with E-state index >= 15 is 0 Å². The summed E-state index contributed by atoms with van der Waals surface area (Å²) in [5.41, 5.74) is 6.63. The Hall–Kier alpha value is -0.820. The van der Waals surface area contributed by atoms with Gasteiger partial charge in [-0.25, -0.2) is 0 Å². The molecule has 0 aromatic heterocycles. The first kappa shape index (κ1) is 13.2. The minimum absolute atomic E-state index is 0.0441. The van der Waals surface area contributed by atoms with E-state index in [1.54, 1.807) is 12.1 Å². The van der Waals surface area contributed by atoms with E-state index in [0.717, 1.165) is 11.8 Å². The summed E-state index contributed by atoms with van der Waals surface area (Å²) in [6.07, 6.45) is 0. The van der Waals surface area contributed by atoms with Crippen LogP contribution in [-0.2, 0) is 4.79 Å². The van der Waals surface area contributed by atoms with Crippen LogP contribution in [-0.4, -0.2) is 10.9 Å². The van der Waals surface area contributed by atoms with Gasteiger partial charge in [-0.3, -0.25) is 4.79 Å². The lowest BCUT2D eigenvalue weighted by atomic mass is 10.2. The molecule has 0 unspecified atom stereocenters. The molecule has 0 bridgehead atoms. The molecule has 1 aromatic rings. The van der Waals surface area contributed by atoms with Crippen LogP contribution in [0.5, 0.6) is 0 Å². The lowest BCUT2D eigenvalue weighted by Gasteiger charge is -2.01. The number of thioether (sulfide) groups is 1. The molecule has 0 saturated heterocycles. The molecule has 0 aliphatic heterocycles. The van der Waals surface area contributed by atoms with Crippen molar-refractivity contribution >= 4 is 45.8 Å². The molecule has 0 saturated carbocycles. The second kappa shape index (κ2) is 6.05. The maximum atomic E-state index is 10.6. The van der Waals surface area contributed by atoms with Gasteiger partial charge in [-0.15, -0.1) is 0 Å². The van der Waals surface area contributed by atoms with Gasteiger partial charge in [0.05, 0.1) is 21.5 Å². The molecule has 0 heterocycles. The zero-order chi connectivity index (χ0) is 12.1. The summed E-state index contributed by atoms with van der Waals surface area (Å²) >= 11 is 12.9. The smallest absolute Gasteiger partial charge is 0.186 e. The molecule has 1 aromatic carbocycles. The number of rotatable bonds is 1. The number of nitrogen functional groups attached to an aromatic ring is 1. The number of benzene rings is 1. The van der Waals surface area contributed by atoms with Gasteiger partial charge < -0.3 is 5.73 Å². The van der Waals surface area contributed by atoms with Crippen molar-refractivity contribution in [3.63, 3.8) is 0 Å². The maximum Gasteiger partial charge on any atom is 0.186 e. The van der Waals surface area contributed by atoms with E-state index in [9.17, 15) is 4.79 Å². The fourth-order valence-corrected chi connectivity index (χ4v) is 1.77. The number of hydrogen-bond donors (Lipinski definition) is 1. The van der Waals surface area contributed by atoms with Gasteiger partial charge >= 0.3 is 0 Å². The highest BCUT2D eigenvalue weighted by Gasteiger charge is 2.02. The zero-order valence-electron chi connectivity index (χ0n) is 8.51. The molecule has 0 radical (unpaired) electrons. The summed E-state index contributed by atoms with van der Waals surface area (Å²) in [4.78, 5) is 10.6. The Morgan fingerprint density at radius 3 is 2.50 bits per heavy atom. The fourth-order valence-electron chi connectivity index (χ4n) is 0.932. The van der Waals surface area contributed by atoms with Crippen LogP contribution in [0.15, 0.2) is 12.1 Å². The predicted molar refractivity (Wildman–Crippen MR) is 70.9 cm³/mol. The SMILES string of the molecule is CC(=O)SCC#Cc1cc(Cl)c(N)c(Cl)c1. The van der Waals surface area contributed by atoms with Crippen LogP contribution in [0.3, 0.4) is 0 Å². The molecule has 16 heavy (non-hydrogen) atoms. The summed E-state index contributed by atoms with van der Waals surface area (Å²) in [5.74, 6) is 6.16. The van der Waals surface area contributed by atoms with Crippen LogP contribution in [0.4, 0.5) is 5.69 Å². The highest BCUT2D eigenvalue weighted by Crippen LogP contribution is 2.28. The Labute approximate surface area is 108 Å². The highest BCUT2D eigenvalue weighted by atomic mass is 35.5. The topological polar surface area (TPSA) is 43.1 Å². The van der Waals surface area contributed by atoms with E-state index in [2.05, 4.69) is 11.8 Å². The van der Waals surface area contributed by atoms with Gasteiger partial charge in [0.1, 0.15) is 0 Å². The van der Waals surface area contributed by atoms with Crippen LogP contribution in [0, 0.1) is 11.8 Å². The number of halogens is 2. The molecular weight excluding hydrogens is 265 g/mol. The molecule has 0 aliphatic rings. The Morgan fingerprint density at radius 2 is 2.00 bits per heavy atom. The van der Waals surface area contributed by atoms with Crippen LogP contribution in [0.25, 0.3) is 0 Å². The van der Waals surface area contributed by atoms with Gasteiger partial charge in [-0.2, -0.15) is 0 Å². The molecule has 0 spiro atoms. The van der Waals surface area contributed by atoms with Crippen molar-refractivity contribution in [1.29, 1.82) is 0 Å². The van der Waals surface area contributed by atoms with Gasteiger partial charge in [-0.05, 0) is 12.1 Å². The van der Waals surface area contributed by atoms with E-state index in [4.69, 9.17) is 28.9 Å². The molecule has 84 valence electrons. The molecule has 0 amide bonds. The molecule has 2 nitrogen and oxygen atoms in total. The van der Waals surface area contributed by atoms with Crippen molar-refractivity contribution in [2.45, 2.75) is 6.92 Å². The third kappa shape index (κ3) is 3.97. The van der Waals surface area contributed by atoms with E-state index in [-0.39, 0.29) is 5.12 Å². The van der Waals surface area contributed by atoms with Gasteiger partial charge in [0.2, 0.25) is 0 Å². The van der Waals surface area contributed by atoms with Gasteiger partial charge in [0.15, 0.2) is 5.12 Å². The molecule has 0 fully saturated rings. The van der Waals surface area contributed by atoms with Crippen molar-refractivity contribution in [3.05, 3.63) is 27.7 Å². The number of carbonyl (C=O) groups is 1. The van der Waals surface area contributed by atoms with Crippen molar-refractivity contribution in [2.24, 2.45) is 0 Å². The lowest BCUT2D eigenvalue weighted by Crippen LogP contribution is -1.89. The molecule has 0 atom stereocenters. The van der Waals surface area contributed by atoms with Crippen molar-refractivity contribution in [3.8, 4) is 11.8 Å². The first-order valence-corrected chi connectivity index (χ1v) is 6.11. The minimum Gasteiger partial charge on any atom is -0.396 e. The molecular formula is C11H9Cl2NOS. The third-order valence-corrected chi connectivity index (χ3v) is 2.98. The zero-order valence-corrected chi connectivity index (χ0v) is 10.8. The Bertz CT molecular complexity index is 454. The monoisotopic (exact) mass is 273 g/mol. The van der Waals surface area contributed by atoms with Gasteiger partial charge in [0.25, 0.3) is 0 Å². The molecule has 0 aliphatic carbocycles. The summed E-state index contributed by atoms with van der Waals surface area (Å²) < 4.78 is 0. The number of hydrogen-bond acceptors (Lipinski definition) is 3. The number of anilines is 1. The summed E-state index contributed by atoms with van der Waals surface area (Å²) in [6.45, 7) is 1.50. The van der Waals surface area contributed by atoms with Crippen LogP contribution >= 0.6 is 35.0 Å². The van der Waals surface area contributed by atoms with Crippen LogP contribution in [0.2, 0.25) is 10.0 Å². The average molecular weight is 274 g/mol. The first-order chi connectivity index (χ1) is 7.50. The Morgan fingerprint density at radius 1 is 1.44 bits per heavy atom. The van der Waals surface area contributed by atoms with Crippen molar-refractivity contribution in [2.75, 3.05) is 11.5 Å². The number of nitrogens with two attached hydrogens (primary N) is 1. The average Bonchev–Trinajstić information content (AvgIpc) is 2.20. The normalized spacial score (nSPS) is 9.44. The largest absolute Gasteiger partial charge is 0.396 e. The second-order valence-electron chi connectivity index (χ2n) is 2.94. The lowest BCUT2D eigenvalue weighted by molar-refractivity contribution is -0.109. The summed E-state index contributed by atoms with van der Waals surface area (Å²) in [7, 11) is 0. The summed E-state index contributed by atoms with van der Waals surface area (Å²) in [6, 6.07) is 3.29. The van der Waals surface area contributed by atoms with E-state index in [1.165, 1.54) is 6.92 Å². The highest BCUT2D eigenvalue weighted by molar-refractivity contribution is 8.13.